The van der Waals surface area contributed by atoms with Gasteiger partial charge in [0.25, 0.3) is 0 Å². The molecule has 4 nitrogen and oxygen atoms in total. The Kier molecular flexibility index (Phi) is 4.83. The number of aromatic nitrogens is 1. The number of rotatable bonds is 4. The molecular formula is C22H20FN3O. The summed E-state index contributed by atoms with van der Waals surface area (Å²) in [5, 5.41) is 2.73. The zero-order valence-corrected chi connectivity index (χ0v) is 14.9. The zero-order valence-electron chi connectivity index (χ0n) is 14.9. The second-order valence-electron chi connectivity index (χ2n) is 6.60. The van der Waals surface area contributed by atoms with Gasteiger partial charge in [-0.05, 0) is 48.2 Å². The molecule has 27 heavy (non-hydrogen) atoms. The zero-order chi connectivity index (χ0) is 18.6. The van der Waals surface area contributed by atoms with E-state index in [1.165, 1.54) is 17.3 Å². The fourth-order valence-electron chi connectivity index (χ4n) is 3.42. The lowest BCUT2D eigenvalue weighted by Crippen LogP contribution is -2.24. The van der Waals surface area contributed by atoms with Crippen molar-refractivity contribution in [3.05, 3.63) is 83.8 Å². The van der Waals surface area contributed by atoms with Crippen LogP contribution >= 0.6 is 0 Å². The summed E-state index contributed by atoms with van der Waals surface area (Å²) in [6.45, 7) is 0.942. The van der Waals surface area contributed by atoms with Crippen LogP contribution in [0.3, 0.4) is 0 Å². The third kappa shape index (κ3) is 3.82. The first-order valence-corrected chi connectivity index (χ1v) is 9.05. The van der Waals surface area contributed by atoms with E-state index in [9.17, 15) is 9.18 Å². The summed E-state index contributed by atoms with van der Waals surface area (Å²) < 4.78 is 13.7. The number of carbonyl (C=O) groups excluding carboxylic acids is 1. The van der Waals surface area contributed by atoms with Crippen molar-refractivity contribution in [3.63, 3.8) is 0 Å². The van der Waals surface area contributed by atoms with E-state index in [1.807, 2.05) is 12.1 Å². The van der Waals surface area contributed by atoms with Crippen molar-refractivity contribution in [2.24, 2.45) is 0 Å². The highest BCUT2D eigenvalue weighted by atomic mass is 19.1. The van der Waals surface area contributed by atoms with Gasteiger partial charge in [0.2, 0.25) is 5.91 Å². The highest BCUT2D eigenvalue weighted by Crippen LogP contribution is 2.33. The van der Waals surface area contributed by atoms with Gasteiger partial charge in [0.05, 0.1) is 18.3 Å². The molecule has 3 aromatic rings. The van der Waals surface area contributed by atoms with E-state index in [0.29, 0.717) is 11.4 Å². The summed E-state index contributed by atoms with van der Waals surface area (Å²) in [5.41, 5.74) is 3.92. The second-order valence-corrected chi connectivity index (χ2v) is 6.60. The number of nitrogens with zero attached hydrogens (tertiary/aromatic N) is 2. The van der Waals surface area contributed by atoms with Crippen LogP contribution in [0.4, 0.5) is 21.6 Å². The van der Waals surface area contributed by atoms with Crippen molar-refractivity contribution in [1.29, 1.82) is 0 Å². The molecule has 0 fully saturated rings. The minimum Gasteiger partial charge on any atom is -0.340 e. The molecule has 0 saturated carbocycles. The first-order valence-electron chi connectivity index (χ1n) is 9.05. The maximum atomic E-state index is 13.7. The summed E-state index contributed by atoms with van der Waals surface area (Å²) in [4.78, 5) is 18.8. The van der Waals surface area contributed by atoms with Gasteiger partial charge in [-0.3, -0.25) is 4.79 Å². The maximum Gasteiger partial charge on any atom is 0.230 e. The van der Waals surface area contributed by atoms with Gasteiger partial charge in [-0.15, -0.1) is 0 Å². The number of pyridine rings is 1. The average Bonchev–Trinajstić information content (AvgIpc) is 2.70. The Morgan fingerprint density at radius 3 is 2.70 bits per heavy atom. The van der Waals surface area contributed by atoms with E-state index < -0.39 is 0 Å². The van der Waals surface area contributed by atoms with Gasteiger partial charge in [0, 0.05) is 12.2 Å². The predicted molar refractivity (Wildman–Crippen MR) is 105 cm³/mol. The Morgan fingerprint density at radius 2 is 1.89 bits per heavy atom. The number of hydrogen-bond acceptors (Lipinski definition) is 3. The number of para-hydroxylation sites is 1. The SMILES string of the molecule is O=C(Cc1ccccc1F)Nc1ccc(N2CCCc3ccccc32)cn1. The summed E-state index contributed by atoms with van der Waals surface area (Å²) in [6, 6.07) is 18.4. The van der Waals surface area contributed by atoms with Crippen LogP contribution in [-0.2, 0) is 17.6 Å². The minimum absolute atomic E-state index is 0.0182. The molecule has 0 bridgehead atoms. The van der Waals surface area contributed by atoms with Crippen molar-refractivity contribution < 1.29 is 9.18 Å². The van der Waals surface area contributed by atoms with E-state index in [4.69, 9.17) is 0 Å². The van der Waals surface area contributed by atoms with Crippen molar-refractivity contribution in [1.82, 2.24) is 4.98 Å². The Balaban J connectivity index is 1.45. The van der Waals surface area contributed by atoms with E-state index >= 15 is 0 Å². The van der Waals surface area contributed by atoms with Gasteiger partial charge in [-0.1, -0.05) is 36.4 Å². The van der Waals surface area contributed by atoms with Gasteiger partial charge < -0.3 is 10.2 Å². The Bertz CT molecular complexity index is 956. The molecule has 2 aromatic carbocycles. The number of aryl methyl sites for hydroxylation is 1. The molecule has 4 rings (SSSR count). The van der Waals surface area contributed by atoms with E-state index in [1.54, 1.807) is 30.5 Å². The number of hydrogen-bond donors (Lipinski definition) is 1. The molecule has 0 unspecified atom stereocenters. The van der Waals surface area contributed by atoms with Crippen LogP contribution in [0.25, 0.3) is 0 Å². The molecule has 0 saturated heterocycles. The lowest BCUT2D eigenvalue weighted by Gasteiger charge is -2.31. The van der Waals surface area contributed by atoms with Crippen LogP contribution in [0.15, 0.2) is 66.9 Å². The third-order valence-corrected chi connectivity index (χ3v) is 4.75. The van der Waals surface area contributed by atoms with Crippen molar-refractivity contribution in [2.45, 2.75) is 19.3 Å². The molecule has 1 amide bonds. The summed E-state index contributed by atoms with van der Waals surface area (Å²) >= 11 is 0. The molecule has 2 heterocycles. The van der Waals surface area contributed by atoms with Gasteiger partial charge in [-0.25, -0.2) is 9.37 Å². The molecule has 1 aliphatic rings. The number of amides is 1. The van der Waals surface area contributed by atoms with Crippen LogP contribution in [0, 0.1) is 5.82 Å². The summed E-state index contributed by atoms with van der Waals surface area (Å²) in [5.74, 6) is -0.200. The number of nitrogens with one attached hydrogen (secondary N) is 1. The fraction of sp³-hybridized carbons (Fsp3) is 0.182. The van der Waals surface area contributed by atoms with Crippen LogP contribution in [0.1, 0.15) is 17.5 Å². The van der Waals surface area contributed by atoms with E-state index in [-0.39, 0.29) is 18.1 Å². The van der Waals surface area contributed by atoms with Crippen molar-refractivity contribution in [3.8, 4) is 0 Å². The lowest BCUT2D eigenvalue weighted by atomic mass is 10.0. The molecule has 0 radical (unpaired) electrons. The Morgan fingerprint density at radius 1 is 1.07 bits per heavy atom. The van der Waals surface area contributed by atoms with Crippen LogP contribution < -0.4 is 10.2 Å². The van der Waals surface area contributed by atoms with E-state index in [2.05, 4.69) is 33.4 Å². The number of benzene rings is 2. The quantitative estimate of drug-likeness (QED) is 0.745. The number of halogens is 1. The molecule has 0 atom stereocenters. The molecule has 1 N–H and O–H groups in total. The topological polar surface area (TPSA) is 45.2 Å². The highest BCUT2D eigenvalue weighted by molar-refractivity contribution is 5.91. The Hall–Kier alpha value is -3.21. The molecule has 1 aliphatic heterocycles. The van der Waals surface area contributed by atoms with Crippen molar-refractivity contribution in [2.75, 3.05) is 16.8 Å². The molecule has 0 aliphatic carbocycles. The standard InChI is InChI=1S/C22H20FN3O/c23-19-9-3-1-7-17(19)14-22(27)25-21-12-11-18(15-24-21)26-13-5-8-16-6-2-4-10-20(16)26/h1-4,6-7,9-12,15H,5,8,13-14H2,(H,24,25,27). The average molecular weight is 361 g/mol. The van der Waals surface area contributed by atoms with E-state index in [0.717, 1.165) is 25.1 Å². The monoisotopic (exact) mass is 361 g/mol. The van der Waals surface area contributed by atoms with Gasteiger partial charge in [-0.2, -0.15) is 0 Å². The summed E-state index contributed by atoms with van der Waals surface area (Å²) in [6.07, 6.45) is 3.93. The molecule has 0 spiro atoms. The van der Waals surface area contributed by atoms with Crippen LogP contribution in [-0.4, -0.2) is 17.4 Å². The van der Waals surface area contributed by atoms with Gasteiger partial charge in [0.15, 0.2) is 0 Å². The molecule has 136 valence electrons. The molecule has 5 heteroatoms. The minimum atomic E-state index is -0.375. The molecular weight excluding hydrogens is 341 g/mol. The second kappa shape index (κ2) is 7.58. The molecule has 1 aromatic heterocycles. The highest BCUT2D eigenvalue weighted by Gasteiger charge is 2.18. The fourth-order valence-corrected chi connectivity index (χ4v) is 3.42. The number of fused-ring (bicyclic) bond motifs is 1. The number of carbonyl (C=O) groups is 1. The number of anilines is 3. The van der Waals surface area contributed by atoms with Crippen LogP contribution in [0.2, 0.25) is 0 Å². The third-order valence-electron chi connectivity index (χ3n) is 4.75. The Labute approximate surface area is 157 Å². The first kappa shape index (κ1) is 17.2. The van der Waals surface area contributed by atoms with Gasteiger partial charge in [0.1, 0.15) is 11.6 Å². The largest absolute Gasteiger partial charge is 0.340 e. The maximum absolute atomic E-state index is 13.7. The predicted octanol–water partition coefficient (Wildman–Crippen LogP) is 4.49. The smallest absolute Gasteiger partial charge is 0.230 e. The summed E-state index contributed by atoms with van der Waals surface area (Å²) in [7, 11) is 0. The lowest BCUT2D eigenvalue weighted by molar-refractivity contribution is -0.115. The van der Waals surface area contributed by atoms with Crippen molar-refractivity contribution >= 4 is 23.1 Å². The first-order chi connectivity index (χ1) is 13.2. The van der Waals surface area contributed by atoms with Gasteiger partial charge >= 0.3 is 0 Å². The van der Waals surface area contributed by atoms with Crippen LogP contribution in [0.5, 0.6) is 0 Å². The normalized spacial score (nSPS) is 13.1.